The maximum absolute atomic E-state index is 12.1. The van der Waals surface area contributed by atoms with Crippen molar-refractivity contribution in [1.29, 1.82) is 0 Å². The number of aliphatic hydroxyl groups excluding tert-OH is 7. The number of rotatable bonds is 16. The van der Waals surface area contributed by atoms with Gasteiger partial charge in [0.05, 0.1) is 13.2 Å². The molecule has 0 aromatic heterocycles. The van der Waals surface area contributed by atoms with E-state index in [-0.39, 0.29) is 0 Å². The maximum Gasteiger partial charge on any atom is 0.474 e. The van der Waals surface area contributed by atoms with Gasteiger partial charge in [0.1, 0.15) is 36.6 Å². The smallest absolute Gasteiger partial charge is 0.474 e. The number of carbonyl (C=O) groups is 2. The molecule has 196 valence electrons. The summed E-state index contributed by atoms with van der Waals surface area (Å²) in [5, 5.41) is 84.3. The zero-order valence-corrected chi connectivity index (χ0v) is 17.9. The Bertz CT molecular complexity index is 738. The Morgan fingerprint density at radius 2 is 1.06 bits per heavy atom. The molecule has 33 heavy (non-hydrogen) atoms. The predicted molar refractivity (Wildman–Crippen MR) is 96.0 cm³/mol. The Balaban J connectivity index is 5.54. The standard InChI is InChI=1S/C12H24O19P2/c13-1-3(14)5(16)7(18)9(11(20)21)30-33(27,28)31-10(12(22)23)8(19)6(17)4(15)2-29-32(24,25)26/h3-10,13-19H,1-2H2,(H,20,21)(H,22,23)(H,27,28)(H2,24,25,26)/t3-,4-,5-,6-,7+,8+,9-,10-/m1/s1. The maximum atomic E-state index is 12.1. The van der Waals surface area contributed by atoms with E-state index in [9.17, 15) is 54.3 Å². The van der Waals surface area contributed by atoms with Crippen molar-refractivity contribution < 1.29 is 92.9 Å². The highest BCUT2D eigenvalue weighted by molar-refractivity contribution is 7.47. The largest absolute Gasteiger partial charge is 0.479 e. The summed E-state index contributed by atoms with van der Waals surface area (Å²) in [5.41, 5.74) is 0. The van der Waals surface area contributed by atoms with Gasteiger partial charge in [-0.25, -0.2) is 18.7 Å². The summed E-state index contributed by atoms with van der Waals surface area (Å²) in [6.07, 6.45) is -20.9. The monoisotopic (exact) mass is 534 g/mol. The second-order valence-corrected chi connectivity index (χ2v) is 8.86. The van der Waals surface area contributed by atoms with Crippen molar-refractivity contribution in [2.24, 2.45) is 0 Å². The van der Waals surface area contributed by atoms with Gasteiger partial charge in [-0.2, -0.15) is 0 Å². The zero-order valence-electron chi connectivity index (χ0n) is 16.2. The van der Waals surface area contributed by atoms with E-state index in [4.69, 9.17) is 25.1 Å². The van der Waals surface area contributed by atoms with Crippen molar-refractivity contribution in [3.05, 3.63) is 0 Å². The van der Waals surface area contributed by atoms with E-state index in [1.54, 1.807) is 0 Å². The van der Waals surface area contributed by atoms with E-state index in [0.717, 1.165) is 0 Å². The Labute approximate surface area is 183 Å². The van der Waals surface area contributed by atoms with Gasteiger partial charge in [0.15, 0.2) is 12.2 Å². The van der Waals surface area contributed by atoms with Crippen LogP contribution < -0.4 is 0 Å². The Kier molecular flexibility index (Phi) is 12.7. The molecule has 0 bridgehead atoms. The fourth-order valence-corrected chi connectivity index (χ4v) is 3.41. The molecule has 0 saturated carbocycles. The van der Waals surface area contributed by atoms with Gasteiger partial charge in [-0.1, -0.05) is 0 Å². The fraction of sp³-hybridized carbons (Fsp3) is 0.833. The number of aliphatic hydroxyl groups is 7. The lowest BCUT2D eigenvalue weighted by atomic mass is 10.0. The zero-order chi connectivity index (χ0) is 26.3. The van der Waals surface area contributed by atoms with Gasteiger partial charge in [0.2, 0.25) is 0 Å². The summed E-state index contributed by atoms with van der Waals surface area (Å²) >= 11 is 0. The molecule has 0 aromatic rings. The highest BCUT2D eigenvalue weighted by Crippen LogP contribution is 2.47. The van der Waals surface area contributed by atoms with Crippen molar-refractivity contribution in [3.63, 3.8) is 0 Å². The second kappa shape index (κ2) is 13.1. The molecule has 9 atom stereocenters. The summed E-state index contributed by atoms with van der Waals surface area (Å²) in [5.74, 6) is -4.52. The minimum absolute atomic E-state index is 1.18. The van der Waals surface area contributed by atoms with E-state index >= 15 is 0 Å². The molecule has 1 unspecified atom stereocenters. The molecular weight excluding hydrogens is 510 g/mol. The summed E-state index contributed by atoms with van der Waals surface area (Å²) in [7, 11) is -11.1. The molecule has 21 heteroatoms. The minimum Gasteiger partial charge on any atom is -0.479 e. The van der Waals surface area contributed by atoms with Crippen LogP contribution in [0.1, 0.15) is 0 Å². The van der Waals surface area contributed by atoms with Crippen LogP contribution in [0.4, 0.5) is 0 Å². The molecule has 0 saturated heterocycles. The number of carboxylic acids is 2. The third-order valence-corrected chi connectivity index (χ3v) is 5.16. The molecule has 0 fully saturated rings. The molecule has 0 radical (unpaired) electrons. The number of phosphoric ester groups is 2. The van der Waals surface area contributed by atoms with Gasteiger partial charge in [0.25, 0.3) is 0 Å². The van der Waals surface area contributed by atoms with Crippen molar-refractivity contribution in [2.75, 3.05) is 13.2 Å². The van der Waals surface area contributed by atoms with E-state index in [2.05, 4.69) is 13.6 Å². The number of hydrogen-bond donors (Lipinski definition) is 12. The summed E-state index contributed by atoms with van der Waals surface area (Å²) in [4.78, 5) is 49.1. The van der Waals surface area contributed by atoms with Gasteiger partial charge in [-0.05, 0) is 0 Å². The molecule has 0 aliphatic carbocycles. The van der Waals surface area contributed by atoms with Crippen molar-refractivity contribution in [3.8, 4) is 0 Å². The summed E-state index contributed by atoms with van der Waals surface area (Å²) < 4.78 is 34.6. The fourth-order valence-electron chi connectivity index (χ4n) is 2.01. The van der Waals surface area contributed by atoms with Crippen LogP contribution in [-0.2, 0) is 32.3 Å². The third kappa shape index (κ3) is 10.8. The quantitative estimate of drug-likeness (QED) is 0.0820. The van der Waals surface area contributed by atoms with Crippen LogP contribution in [0.3, 0.4) is 0 Å². The minimum atomic E-state index is -5.90. The molecular formula is C12H24O19P2. The van der Waals surface area contributed by atoms with Gasteiger partial charge < -0.3 is 60.6 Å². The predicted octanol–water partition coefficient (Wildman–Crippen LogP) is -5.71. The van der Waals surface area contributed by atoms with Crippen molar-refractivity contribution >= 4 is 27.6 Å². The summed E-state index contributed by atoms with van der Waals surface area (Å²) in [6, 6.07) is 0. The van der Waals surface area contributed by atoms with Gasteiger partial charge in [0, 0.05) is 0 Å². The molecule has 19 nitrogen and oxygen atoms in total. The van der Waals surface area contributed by atoms with Crippen LogP contribution in [0.25, 0.3) is 0 Å². The first-order valence-electron chi connectivity index (χ1n) is 8.39. The van der Waals surface area contributed by atoms with Crippen LogP contribution in [-0.4, -0.2) is 135 Å². The molecule has 0 aliphatic rings. The Morgan fingerprint density at radius 3 is 1.36 bits per heavy atom. The molecule has 0 aromatic carbocycles. The van der Waals surface area contributed by atoms with Crippen LogP contribution in [0.2, 0.25) is 0 Å². The first kappa shape index (κ1) is 31.9. The molecule has 12 N–H and O–H groups in total. The van der Waals surface area contributed by atoms with Crippen LogP contribution >= 0.6 is 15.6 Å². The van der Waals surface area contributed by atoms with Crippen molar-refractivity contribution in [2.45, 2.75) is 48.8 Å². The number of carboxylic acid groups (broad SMARTS) is 2. The SMILES string of the molecule is O=C(O)[C@H](OP(=O)(O)O[C@@H](C(=O)O)[C@@H](O)[C@H](O)[C@H](O)COP(=O)(O)O)[C@@H](O)[C@H](O)[C@H](O)CO. The van der Waals surface area contributed by atoms with E-state index in [1.807, 2.05) is 0 Å². The topological polar surface area (TPSA) is 339 Å². The normalized spacial score (nSPS) is 21.6. The highest BCUT2D eigenvalue weighted by atomic mass is 31.2. The molecule has 0 aliphatic heterocycles. The number of aliphatic carboxylic acids is 2. The van der Waals surface area contributed by atoms with E-state index in [1.165, 1.54) is 0 Å². The van der Waals surface area contributed by atoms with Crippen molar-refractivity contribution in [1.82, 2.24) is 0 Å². The van der Waals surface area contributed by atoms with Gasteiger partial charge in [-0.3, -0.25) is 13.6 Å². The first-order chi connectivity index (χ1) is 14.8. The molecule has 0 spiro atoms. The average molecular weight is 534 g/mol. The lowest BCUT2D eigenvalue weighted by molar-refractivity contribution is -0.169. The second-order valence-electron chi connectivity index (χ2n) is 6.26. The molecule has 0 heterocycles. The van der Waals surface area contributed by atoms with Crippen LogP contribution in [0.5, 0.6) is 0 Å². The van der Waals surface area contributed by atoms with Crippen LogP contribution in [0.15, 0.2) is 0 Å². The lowest BCUT2D eigenvalue weighted by Crippen LogP contribution is -2.51. The molecule has 0 amide bonds. The van der Waals surface area contributed by atoms with E-state index in [0.29, 0.717) is 0 Å². The lowest BCUT2D eigenvalue weighted by Gasteiger charge is -2.30. The first-order valence-corrected chi connectivity index (χ1v) is 11.4. The highest BCUT2D eigenvalue weighted by Gasteiger charge is 2.46. The van der Waals surface area contributed by atoms with Gasteiger partial charge >= 0.3 is 27.6 Å². The Morgan fingerprint density at radius 1 is 0.697 bits per heavy atom. The van der Waals surface area contributed by atoms with Gasteiger partial charge in [-0.15, -0.1) is 0 Å². The van der Waals surface area contributed by atoms with Crippen LogP contribution in [0, 0.1) is 0 Å². The number of phosphoric acid groups is 2. The number of hydrogen-bond acceptors (Lipinski definition) is 14. The Hall–Kier alpha value is -1.12. The molecule has 0 rings (SSSR count). The summed E-state index contributed by atoms with van der Waals surface area (Å²) in [6.45, 7) is -2.53. The third-order valence-electron chi connectivity index (χ3n) is 3.69. The average Bonchev–Trinajstić information content (AvgIpc) is 2.70. The van der Waals surface area contributed by atoms with E-state index < -0.39 is 89.6 Å².